The van der Waals surface area contributed by atoms with Gasteiger partial charge in [0.1, 0.15) is 0 Å². The van der Waals surface area contributed by atoms with E-state index in [2.05, 4.69) is 18.9 Å². The molecule has 0 fully saturated rings. The Morgan fingerprint density at radius 3 is 2.00 bits per heavy atom. The van der Waals surface area contributed by atoms with Gasteiger partial charge in [-0.25, -0.2) is 0 Å². The van der Waals surface area contributed by atoms with Crippen molar-refractivity contribution in [1.82, 2.24) is 0 Å². The van der Waals surface area contributed by atoms with Crippen molar-refractivity contribution in [1.29, 1.82) is 0 Å². The van der Waals surface area contributed by atoms with Gasteiger partial charge in [-0.2, -0.15) is 0 Å². The average Bonchev–Trinajstić information content (AvgIpc) is 1.87. The zero-order chi connectivity index (χ0) is 7.98. The van der Waals surface area contributed by atoms with Crippen LogP contribution in [0.25, 0.3) is 0 Å². The third kappa shape index (κ3) is 4.17. The van der Waals surface area contributed by atoms with Crippen molar-refractivity contribution >= 4 is 23.3 Å². The summed E-state index contributed by atoms with van der Waals surface area (Å²) in [6, 6.07) is 0. The molecule has 0 radical (unpaired) electrons. The van der Waals surface area contributed by atoms with Crippen molar-refractivity contribution in [2.75, 3.05) is 0 Å². The fraction of sp³-hybridized carbons (Fsp3) is 0.500. The van der Waals surface area contributed by atoms with Crippen LogP contribution in [0.15, 0.2) is 25.3 Å². The standard InChI is InChI=1S/C7H11.CH3.Al.ClH/c1-3-5-7-6-4-2;;;/h3-4,7H,1-2,5-6H2;1H3;;1H/q;;+1;/p-1. The van der Waals surface area contributed by atoms with E-state index in [1.807, 2.05) is 12.2 Å². The van der Waals surface area contributed by atoms with Crippen molar-refractivity contribution < 1.29 is 0 Å². The predicted octanol–water partition coefficient (Wildman–Crippen LogP) is 3.37. The Morgan fingerprint density at radius 1 is 1.40 bits per heavy atom. The van der Waals surface area contributed by atoms with Crippen molar-refractivity contribution in [2.24, 2.45) is 0 Å². The first-order chi connectivity index (χ1) is 4.72. The zero-order valence-corrected chi connectivity index (χ0v) is 8.43. The summed E-state index contributed by atoms with van der Waals surface area (Å²) in [5.41, 5.74) is 0. The van der Waals surface area contributed by atoms with Gasteiger partial charge in [-0.1, -0.05) is 22.7 Å². The highest BCUT2D eigenvalue weighted by Gasteiger charge is 2.18. The Hall–Kier alpha value is 0.302. The summed E-state index contributed by atoms with van der Waals surface area (Å²) < 4.78 is 0.650. The maximum absolute atomic E-state index is 6.04. The van der Waals surface area contributed by atoms with Gasteiger partial charge in [0, 0.05) is 0 Å². The lowest BCUT2D eigenvalue weighted by molar-refractivity contribution is 0.851. The van der Waals surface area contributed by atoms with Gasteiger partial charge in [0.15, 0.2) is 0 Å². The van der Waals surface area contributed by atoms with Crippen LogP contribution < -0.4 is 0 Å². The monoisotopic (exact) mass is 172 g/mol. The maximum atomic E-state index is 6.04. The molecule has 0 aliphatic carbocycles. The summed E-state index contributed by atoms with van der Waals surface area (Å²) in [6.07, 6.45) is 5.98. The second-order valence-corrected chi connectivity index (χ2v) is 6.85. The van der Waals surface area contributed by atoms with Gasteiger partial charge in [-0.15, -0.1) is 13.2 Å². The molecule has 56 valence electrons. The highest BCUT2D eigenvalue weighted by Crippen LogP contribution is 2.22. The third-order valence-corrected chi connectivity index (χ3v) is 4.50. The van der Waals surface area contributed by atoms with Crippen molar-refractivity contribution in [3.63, 3.8) is 0 Å². The quantitative estimate of drug-likeness (QED) is 0.441. The first-order valence-corrected chi connectivity index (χ1v) is 7.15. The van der Waals surface area contributed by atoms with E-state index in [0.717, 1.165) is 12.8 Å². The molecule has 2 heteroatoms. The van der Waals surface area contributed by atoms with Gasteiger partial charge in [0.25, 0.3) is 0 Å². The van der Waals surface area contributed by atoms with Gasteiger partial charge in [0.05, 0.1) is 0 Å². The number of allylic oxidation sites excluding steroid dienone is 2. The van der Waals surface area contributed by atoms with Crippen LogP contribution in [-0.4, -0.2) is 13.2 Å². The van der Waals surface area contributed by atoms with E-state index in [1.165, 1.54) is 0 Å². The summed E-state index contributed by atoms with van der Waals surface area (Å²) >= 11 is -0.991. The SMILES string of the molecule is C=CC[CH](CC=C)[Al]([CH3])[Cl]. The molecule has 0 aromatic heterocycles. The van der Waals surface area contributed by atoms with Gasteiger partial charge in [-0.3, -0.25) is 10.0 Å². The van der Waals surface area contributed by atoms with Gasteiger partial charge in [0.2, 0.25) is 0 Å². The van der Waals surface area contributed by atoms with Crippen LogP contribution in [0.1, 0.15) is 12.8 Å². The van der Waals surface area contributed by atoms with Gasteiger partial charge in [-0.05, 0) is 12.8 Å². The van der Waals surface area contributed by atoms with Crippen LogP contribution in [0.5, 0.6) is 0 Å². The normalized spacial score (nSPS) is 9.50. The smallest absolute Gasteiger partial charge is 0.261 e. The summed E-state index contributed by atoms with van der Waals surface area (Å²) in [5.74, 6) is 2.15. The zero-order valence-electron chi connectivity index (χ0n) is 6.52. The molecule has 0 aliphatic rings. The molecule has 0 saturated carbocycles. The Kier molecular flexibility index (Phi) is 6.22. The van der Waals surface area contributed by atoms with Crippen LogP contribution in [0.3, 0.4) is 0 Å². The number of hydrogen-bond acceptors (Lipinski definition) is 0. The molecule has 0 bridgehead atoms. The molecule has 0 heterocycles. The van der Waals surface area contributed by atoms with Crippen LogP contribution in [0, 0.1) is 0 Å². The Labute approximate surface area is 72.2 Å². The molecule has 10 heavy (non-hydrogen) atoms. The molecule has 0 aromatic carbocycles. The summed E-state index contributed by atoms with van der Waals surface area (Å²) in [6.45, 7) is 7.39. The van der Waals surface area contributed by atoms with Crippen LogP contribution in [0.2, 0.25) is 10.6 Å². The van der Waals surface area contributed by atoms with Crippen molar-refractivity contribution in [3.05, 3.63) is 25.3 Å². The molecule has 0 aromatic rings. The topological polar surface area (TPSA) is 0 Å². The molecule has 0 saturated heterocycles. The molecule has 0 unspecified atom stereocenters. The van der Waals surface area contributed by atoms with Crippen LogP contribution in [-0.2, 0) is 0 Å². The van der Waals surface area contributed by atoms with Crippen molar-refractivity contribution in [2.45, 2.75) is 23.4 Å². The minimum Gasteiger partial charge on any atom is -0.261 e. The van der Waals surface area contributed by atoms with E-state index in [9.17, 15) is 0 Å². The van der Waals surface area contributed by atoms with E-state index >= 15 is 0 Å². The lowest BCUT2D eigenvalue weighted by Crippen LogP contribution is -2.07. The highest BCUT2D eigenvalue weighted by molar-refractivity contribution is 7.07. The second kappa shape index (κ2) is 6.04. The molecular weight excluding hydrogens is 159 g/mol. The minimum absolute atomic E-state index is 0.650. The van der Waals surface area contributed by atoms with E-state index in [0.29, 0.717) is 4.78 Å². The highest BCUT2D eigenvalue weighted by atomic mass is 35.6. The number of halogens is 1. The number of hydrogen-bond donors (Lipinski definition) is 0. The molecule has 0 aliphatic heterocycles. The summed E-state index contributed by atoms with van der Waals surface area (Å²) in [4.78, 5) is 0. The molecule has 0 atom stereocenters. The fourth-order valence-electron chi connectivity index (χ4n) is 0.899. The fourth-order valence-corrected chi connectivity index (χ4v) is 2.65. The first-order valence-electron chi connectivity index (χ1n) is 3.58. The molecule has 0 amide bonds. The minimum atomic E-state index is -0.991. The Morgan fingerprint density at radius 2 is 1.80 bits per heavy atom. The van der Waals surface area contributed by atoms with Gasteiger partial charge < -0.3 is 0 Å². The second-order valence-electron chi connectivity index (χ2n) is 2.49. The predicted molar refractivity (Wildman–Crippen MR) is 50.8 cm³/mol. The number of rotatable bonds is 5. The van der Waals surface area contributed by atoms with Crippen LogP contribution in [0.4, 0.5) is 0 Å². The third-order valence-electron chi connectivity index (χ3n) is 1.59. The van der Waals surface area contributed by atoms with Crippen molar-refractivity contribution in [3.8, 4) is 0 Å². The van der Waals surface area contributed by atoms with E-state index in [1.54, 1.807) is 0 Å². The molecule has 0 rings (SSSR count). The largest absolute Gasteiger partial charge is 0.400 e. The summed E-state index contributed by atoms with van der Waals surface area (Å²) in [5, 5.41) is 0. The van der Waals surface area contributed by atoms with E-state index in [4.69, 9.17) is 10.0 Å². The van der Waals surface area contributed by atoms with E-state index < -0.39 is 13.2 Å². The lowest BCUT2D eigenvalue weighted by atomic mass is 10.2. The molecular formula is C8H14AlCl. The van der Waals surface area contributed by atoms with Crippen LogP contribution >= 0.6 is 10.0 Å². The Balaban J connectivity index is 3.70. The first kappa shape index (κ1) is 10.3. The maximum Gasteiger partial charge on any atom is 0.400 e. The molecule has 0 spiro atoms. The summed E-state index contributed by atoms with van der Waals surface area (Å²) in [7, 11) is 6.04. The Bertz CT molecular complexity index is 99.8. The lowest BCUT2D eigenvalue weighted by Gasteiger charge is -2.10. The van der Waals surface area contributed by atoms with E-state index in [-0.39, 0.29) is 0 Å². The average molecular weight is 173 g/mol. The molecule has 0 nitrogen and oxygen atoms in total. The molecule has 0 N–H and O–H groups in total. The van der Waals surface area contributed by atoms with Gasteiger partial charge >= 0.3 is 13.2 Å².